The highest BCUT2D eigenvalue weighted by atomic mass is 16.5. The van der Waals surface area contributed by atoms with Gasteiger partial charge in [-0.15, -0.1) is 0 Å². The molecule has 6 heteroatoms. The lowest BCUT2D eigenvalue weighted by molar-refractivity contribution is 0.0224. The first-order valence-electron chi connectivity index (χ1n) is 9.40. The molecule has 0 aromatic carbocycles. The summed E-state index contributed by atoms with van der Waals surface area (Å²) in [5.74, 6) is 0. The van der Waals surface area contributed by atoms with Crippen LogP contribution in [0.1, 0.15) is 39.0 Å². The molecule has 0 atom stereocenters. The lowest BCUT2D eigenvalue weighted by Crippen LogP contribution is -2.33. The van der Waals surface area contributed by atoms with E-state index >= 15 is 0 Å². The van der Waals surface area contributed by atoms with Gasteiger partial charge in [-0.05, 0) is 12.8 Å². The number of aliphatic hydroxyl groups is 1. The normalized spacial score (nSPS) is 11.5. The molecule has 6 nitrogen and oxygen atoms in total. The summed E-state index contributed by atoms with van der Waals surface area (Å²) in [6.45, 7) is 9.69. The summed E-state index contributed by atoms with van der Waals surface area (Å²) in [6, 6.07) is 0. The summed E-state index contributed by atoms with van der Waals surface area (Å²) >= 11 is 0. The molecule has 0 rings (SSSR count). The molecule has 0 aliphatic rings. The third kappa shape index (κ3) is 18.1. The zero-order valence-corrected chi connectivity index (χ0v) is 15.8. The molecule has 0 bridgehead atoms. The zero-order valence-electron chi connectivity index (χ0n) is 15.8. The molecule has 0 amide bonds. The predicted octanol–water partition coefficient (Wildman–Crippen LogP) is 1.95. The molecule has 146 valence electrons. The SMILES string of the molecule is CCCCCCOCCN(CCCOC)CCOCCOCCO. The fourth-order valence-corrected chi connectivity index (χ4v) is 2.27. The number of ether oxygens (including phenoxy) is 4. The van der Waals surface area contributed by atoms with Crippen LogP contribution in [0.25, 0.3) is 0 Å². The van der Waals surface area contributed by atoms with E-state index in [0.717, 1.165) is 52.3 Å². The van der Waals surface area contributed by atoms with Crippen molar-refractivity contribution in [3.05, 3.63) is 0 Å². The third-order valence-corrected chi connectivity index (χ3v) is 3.68. The average molecular weight is 350 g/mol. The van der Waals surface area contributed by atoms with Gasteiger partial charge in [-0.1, -0.05) is 26.2 Å². The highest BCUT2D eigenvalue weighted by Crippen LogP contribution is 1.99. The number of hydrogen-bond acceptors (Lipinski definition) is 6. The molecule has 0 saturated heterocycles. The number of aliphatic hydroxyl groups excluding tert-OH is 1. The molecular weight excluding hydrogens is 310 g/mol. The first-order valence-corrected chi connectivity index (χ1v) is 9.40. The Morgan fingerprint density at radius 2 is 1.33 bits per heavy atom. The van der Waals surface area contributed by atoms with E-state index in [1.165, 1.54) is 19.3 Å². The number of unbranched alkanes of at least 4 members (excludes halogenated alkanes) is 3. The van der Waals surface area contributed by atoms with Crippen LogP contribution in [0.5, 0.6) is 0 Å². The van der Waals surface area contributed by atoms with Crippen molar-refractivity contribution in [2.24, 2.45) is 0 Å². The van der Waals surface area contributed by atoms with E-state index in [0.29, 0.717) is 26.4 Å². The average Bonchev–Trinajstić information content (AvgIpc) is 2.59. The predicted molar refractivity (Wildman–Crippen MR) is 96.6 cm³/mol. The van der Waals surface area contributed by atoms with Crippen molar-refractivity contribution in [2.75, 3.05) is 79.6 Å². The van der Waals surface area contributed by atoms with Crippen molar-refractivity contribution in [1.82, 2.24) is 4.90 Å². The molecule has 0 aromatic heterocycles. The van der Waals surface area contributed by atoms with Gasteiger partial charge in [-0.3, -0.25) is 4.90 Å². The summed E-state index contributed by atoms with van der Waals surface area (Å²) < 4.78 is 21.6. The largest absolute Gasteiger partial charge is 0.394 e. The second-order valence-corrected chi connectivity index (χ2v) is 5.81. The van der Waals surface area contributed by atoms with E-state index in [1.54, 1.807) is 7.11 Å². The summed E-state index contributed by atoms with van der Waals surface area (Å²) in [4.78, 5) is 2.36. The van der Waals surface area contributed by atoms with Crippen LogP contribution in [-0.4, -0.2) is 89.6 Å². The van der Waals surface area contributed by atoms with Crippen molar-refractivity contribution in [3.8, 4) is 0 Å². The molecule has 0 aliphatic carbocycles. The molecule has 24 heavy (non-hydrogen) atoms. The van der Waals surface area contributed by atoms with Crippen LogP contribution in [0.15, 0.2) is 0 Å². The van der Waals surface area contributed by atoms with Gasteiger partial charge in [0.1, 0.15) is 0 Å². The molecule has 0 aliphatic heterocycles. The van der Waals surface area contributed by atoms with Gasteiger partial charge in [-0.2, -0.15) is 0 Å². The summed E-state index contributed by atoms with van der Waals surface area (Å²) in [6.07, 6.45) is 6.01. The summed E-state index contributed by atoms with van der Waals surface area (Å²) in [5, 5.41) is 8.61. The van der Waals surface area contributed by atoms with Crippen LogP contribution in [0.4, 0.5) is 0 Å². The fraction of sp³-hybridized carbons (Fsp3) is 1.00. The van der Waals surface area contributed by atoms with Gasteiger partial charge in [0, 0.05) is 40.0 Å². The van der Waals surface area contributed by atoms with Crippen molar-refractivity contribution in [2.45, 2.75) is 39.0 Å². The monoisotopic (exact) mass is 349 g/mol. The maximum atomic E-state index is 8.61. The Morgan fingerprint density at radius 1 is 0.667 bits per heavy atom. The Kier molecular flexibility index (Phi) is 20.6. The molecule has 0 spiro atoms. The van der Waals surface area contributed by atoms with E-state index in [9.17, 15) is 0 Å². The van der Waals surface area contributed by atoms with Gasteiger partial charge in [0.25, 0.3) is 0 Å². The van der Waals surface area contributed by atoms with Gasteiger partial charge < -0.3 is 24.1 Å². The van der Waals surface area contributed by atoms with Crippen LogP contribution in [0.2, 0.25) is 0 Å². The number of nitrogens with zero attached hydrogens (tertiary/aromatic N) is 1. The minimum Gasteiger partial charge on any atom is -0.394 e. The van der Waals surface area contributed by atoms with Gasteiger partial charge >= 0.3 is 0 Å². The lowest BCUT2D eigenvalue weighted by atomic mass is 10.2. The minimum absolute atomic E-state index is 0.0612. The molecule has 0 saturated carbocycles. The van der Waals surface area contributed by atoms with Crippen LogP contribution in [0.3, 0.4) is 0 Å². The quantitative estimate of drug-likeness (QED) is 0.339. The van der Waals surface area contributed by atoms with Crippen molar-refractivity contribution in [3.63, 3.8) is 0 Å². The van der Waals surface area contributed by atoms with Crippen LogP contribution in [-0.2, 0) is 18.9 Å². The maximum Gasteiger partial charge on any atom is 0.0701 e. The lowest BCUT2D eigenvalue weighted by Gasteiger charge is -2.22. The summed E-state index contributed by atoms with van der Waals surface area (Å²) in [5.41, 5.74) is 0. The first-order chi connectivity index (χ1) is 11.8. The van der Waals surface area contributed by atoms with Crippen LogP contribution in [0, 0.1) is 0 Å². The smallest absolute Gasteiger partial charge is 0.0701 e. The molecular formula is C18H39NO5. The van der Waals surface area contributed by atoms with E-state index in [-0.39, 0.29) is 6.61 Å². The minimum atomic E-state index is 0.0612. The van der Waals surface area contributed by atoms with Gasteiger partial charge in [0.05, 0.1) is 39.6 Å². The van der Waals surface area contributed by atoms with Crippen LogP contribution >= 0.6 is 0 Å². The van der Waals surface area contributed by atoms with Crippen molar-refractivity contribution in [1.29, 1.82) is 0 Å². The van der Waals surface area contributed by atoms with Gasteiger partial charge in [-0.25, -0.2) is 0 Å². The zero-order chi connectivity index (χ0) is 17.7. The Hall–Kier alpha value is -0.240. The molecule has 0 unspecified atom stereocenters. The fourth-order valence-electron chi connectivity index (χ4n) is 2.27. The molecule has 0 heterocycles. The molecule has 0 fully saturated rings. The van der Waals surface area contributed by atoms with E-state index in [1.807, 2.05) is 0 Å². The Bertz CT molecular complexity index is 213. The molecule has 0 radical (unpaired) electrons. The van der Waals surface area contributed by atoms with Crippen molar-refractivity contribution >= 4 is 0 Å². The highest BCUT2D eigenvalue weighted by molar-refractivity contribution is 4.57. The first kappa shape index (κ1) is 23.8. The molecule has 0 aromatic rings. The standard InChI is InChI=1S/C18H39NO5/c1-3-4-5-6-13-22-14-9-19(8-7-12-21-2)10-15-23-17-18-24-16-11-20/h20H,3-18H2,1-2H3. The Labute approximate surface area is 148 Å². The van der Waals surface area contributed by atoms with E-state index in [4.69, 9.17) is 24.1 Å². The molecule has 1 N–H and O–H groups in total. The van der Waals surface area contributed by atoms with Gasteiger partial charge in [0.15, 0.2) is 0 Å². The number of rotatable bonds is 20. The second kappa shape index (κ2) is 20.8. The second-order valence-electron chi connectivity index (χ2n) is 5.81. The highest BCUT2D eigenvalue weighted by Gasteiger charge is 2.05. The number of hydrogen-bond donors (Lipinski definition) is 1. The Morgan fingerprint density at radius 3 is 1.96 bits per heavy atom. The maximum absolute atomic E-state index is 8.61. The van der Waals surface area contributed by atoms with Crippen molar-refractivity contribution < 1.29 is 24.1 Å². The van der Waals surface area contributed by atoms with E-state index in [2.05, 4.69) is 11.8 Å². The Balaban J connectivity index is 3.64. The third-order valence-electron chi connectivity index (χ3n) is 3.68. The number of methoxy groups -OCH3 is 1. The topological polar surface area (TPSA) is 60.4 Å². The van der Waals surface area contributed by atoms with Crippen LogP contribution < -0.4 is 0 Å². The van der Waals surface area contributed by atoms with E-state index < -0.39 is 0 Å². The van der Waals surface area contributed by atoms with Gasteiger partial charge in [0.2, 0.25) is 0 Å². The summed E-state index contributed by atoms with van der Waals surface area (Å²) in [7, 11) is 1.74.